The van der Waals surface area contributed by atoms with Crippen molar-refractivity contribution in [3.05, 3.63) is 35.4 Å². The second kappa shape index (κ2) is 3.93. The number of hydrogen-bond donors (Lipinski definition) is 0. The maximum absolute atomic E-state index is 5.60. The summed E-state index contributed by atoms with van der Waals surface area (Å²) in [6, 6.07) is 4.03. The Kier molecular flexibility index (Phi) is 2.56. The lowest BCUT2D eigenvalue weighted by molar-refractivity contribution is 0.346. The molecule has 0 spiro atoms. The summed E-state index contributed by atoms with van der Waals surface area (Å²) in [5.74, 6) is 1.79. The minimum atomic E-state index is 0.606. The van der Waals surface area contributed by atoms with E-state index in [0.29, 0.717) is 13.2 Å². The van der Waals surface area contributed by atoms with E-state index in [-0.39, 0.29) is 0 Å². The van der Waals surface area contributed by atoms with Crippen LogP contribution in [0.1, 0.15) is 11.1 Å². The fraction of sp³-hybridized carbons (Fsp3) is 0.167. The first-order valence-electron chi connectivity index (χ1n) is 4.91. The second-order valence-corrected chi connectivity index (χ2v) is 5.28. The molecule has 0 radical (unpaired) electrons. The van der Waals surface area contributed by atoms with Crippen LogP contribution in [-0.2, 0) is 0 Å². The Morgan fingerprint density at radius 3 is 1.69 bits per heavy atom. The maximum Gasteiger partial charge on any atom is 0.129 e. The molecule has 0 aromatic heterocycles. The first-order chi connectivity index (χ1) is 7.75. The van der Waals surface area contributed by atoms with Gasteiger partial charge in [0.05, 0.1) is 0 Å². The summed E-state index contributed by atoms with van der Waals surface area (Å²) >= 11 is 7.06. The van der Waals surface area contributed by atoms with Gasteiger partial charge in [0.1, 0.15) is 24.7 Å². The molecule has 4 heteroatoms. The first-order valence-corrected chi connectivity index (χ1v) is 6.50. The summed E-state index contributed by atoms with van der Waals surface area (Å²) in [6.07, 6.45) is 4.00. The van der Waals surface area contributed by atoms with Crippen molar-refractivity contribution in [3.63, 3.8) is 0 Å². The van der Waals surface area contributed by atoms with Crippen LogP contribution in [0.3, 0.4) is 0 Å². The Bertz CT molecular complexity index is 470. The van der Waals surface area contributed by atoms with Crippen molar-refractivity contribution >= 4 is 40.8 Å². The highest BCUT2D eigenvalue weighted by Gasteiger charge is 2.19. The summed E-state index contributed by atoms with van der Waals surface area (Å²) in [6.45, 7) is 1.21. The highest BCUT2D eigenvalue weighted by atomic mass is 79.9. The zero-order valence-corrected chi connectivity index (χ0v) is 11.5. The molecule has 1 aromatic rings. The smallest absolute Gasteiger partial charge is 0.129 e. The molecule has 82 valence electrons. The molecule has 0 saturated heterocycles. The largest absolute Gasteiger partial charge is 0.489 e. The van der Waals surface area contributed by atoms with Gasteiger partial charge in [-0.15, -0.1) is 0 Å². The fourth-order valence-electron chi connectivity index (χ4n) is 1.80. The molecule has 0 fully saturated rings. The van der Waals surface area contributed by atoms with Crippen LogP contribution in [0, 0.1) is 0 Å². The minimum absolute atomic E-state index is 0.606. The molecule has 0 unspecified atom stereocenters. The zero-order chi connectivity index (χ0) is 11.1. The van der Waals surface area contributed by atoms with E-state index in [1.807, 2.05) is 24.3 Å². The SMILES string of the molecule is BrC1=CCOc2cc3c(cc21)OCC=C3Br. The van der Waals surface area contributed by atoms with Crippen molar-refractivity contribution in [2.75, 3.05) is 13.2 Å². The van der Waals surface area contributed by atoms with Gasteiger partial charge in [0.15, 0.2) is 0 Å². The van der Waals surface area contributed by atoms with Crippen LogP contribution < -0.4 is 9.47 Å². The summed E-state index contributed by atoms with van der Waals surface area (Å²) < 4.78 is 13.3. The van der Waals surface area contributed by atoms with Gasteiger partial charge in [-0.1, -0.05) is 31.9 Å². The number of ether oxygens (including phenoxy) is 2. The highest BCUT2D eigenvalue weighted by molar-refractivity contribution is 9.15. The molecule has 0 N–H and O–H groups in total. The van der Waals surface area contributed by atoms with Crippen molar-refractivity contribution in [2.24, 2.45) is 0 Å². The Morgan fingerprint density at radius 1 is 0.812 bits per heavy atom. The average Bonchev–Trinajstić information content (AvgIpc) is 2.29. The van der Waals surface area contributed by atoms with Gasteiger partial charge < -0.3 is 9.47 Å². The second-order valence-electron chi connectivity index (χ2n) is 3.57. The standard InChI is InChI=1S/C12H8Br2O2/c13-9-1-3-15-11-6-8-10(14)2-4-16-12(8)5-7(9)11/h1-2,5-6H,3-4H2. The lowest BCUT2D eigenvalue weighted by atomic mass is 10.1. The predicted molar refractivity (Wildman–Crippen MR) is 71.2 cm³/mol. The van der Waals surface area contributed by atoms with E-state index >= 15 is 0 Å². The Labute approximate surface area is 110 Å². The van der Waals surface area contributed by atoms with E-state index in [1.54, 1.807) is 0 Å². The van der Waals surface area contributed by atoms with Crippen LogP contribution in [0.4, 0.5) is 0 Å². The third-order valence-corrected chi connectivity index (χ3v) is 4.10. The third kappa shape index (κ3) is 1.60. The van der Waals surface area contributed by atoms with Gasteiger partial charge >= 0.3 is 0 Å². The highest BCUT2D eigenvalue weighted by Crippen LogP contribution is 2.42. The normalized spacial score (nSPS) is 17.4. The predicted octanol–water partition coefficient (Wildman–Crippen LogP) is 3.94. The van der Waals surface area contributed by atoms with Crippen molar-refractivity contribution in [3.8, 4) is 11.5 Å². The quantitative estimate of drug-likeness (QED) is 0.710. The topological polar surface area (TPSA) is 18.5 Å². The molecular weight excluding hydrogens is 336 g/mol. The van der Waals surface area contributed by atoms with Crippen LogP contribution in [0.5, 0.6) is 11.5 Å². The van der Waals surface area contributed by atoms with Crippen LogP contribution in [-0.4, -0.2) is 13.2 Å². The molecular formula is C12H8Br2O2. The summed E-state index contributed by atoms with van der Waals surface area (Å²) in [4.78, 5) is 0. The Balaban J connectivity index is 2.20. The van der Waals surface area contributed by atoms with E-state index in [9.17, 15) is 0 Å². The summed E-state index contributed by atoms with van der Waals surface area (Å²) in [7, 11) is 0. The Morgan fingerprint density at radius 2 is 1.25 bits per heavy atom. The molecule has 16 heavy (non-hydrogen) atoms. The molecule has 2 heterocycles. The number of rotatable bonds is 0. The first kappa shape index (κ1) is 10.4. The van der Waals surface area contributed by atoms with Gasteiger partial charge in [-0.2, -0.15) is 0 Å². The number of hydrogen-bond acceptors (Lipinski definition) is 2. The number of fused-ring (bicyclic) bond motifs is 2. The van der Waals surface area contributed by atoms with Crippen molar-refractivity contribution in [1.29, 1.82) is 0 Å². The van der Waals surface area contributed by atoms with Gasteiger partial charge in [-0.25, -0.2) is 0 Å². The monoisotopic (exact) mass is 342 g/mol. The van der Waals surface area contributed by atoms with Crippen molar-refractivity contribution < 1.29 is 9.47 Å². The molecule has 2 aliphatic rings. The molecule has 0 bridgehead atoms. The molecule has 0 aliphatic carbocycles. The Hall–Kier alpha value is -0.740. The van der Waals surface area contributed by atoms with E-state index in [1.165, 1.54) is 0 Å². The molecule has 0 saturated carbocycles. The van der Waals surface area contributed by atoms with Crippen LogP contribution >= 0.6 is 31.9 Å². The van der Waals surface area contributed by atoms with E-state index in [0.717, 1.165) is 31.6 Å². The van der Waals surface area contributed by atoms with E-state index < -0.39 is 0 Å². The summed E-state index contributed by atoms with van der Waals surface area (Å²) in [5, 5.41) is 0. The molecule has 3 rings (SSSR count). The van der Waals surface area contributed by atoms with Gasteiger partial charge in [0.25, 0.3) is 0 Å². The summed E-state index contributed by atoms with van der Waals surface area (Å²) in [5.41, 5.74) is 2.10. The van der Waals surface area contributed by atoms with Crippen LogP contribution in [0.15, 0.2) is 24.3 Å². The van der Waals surface area contributed by atoms with E-state index in [4.69, 9.17) is 9.47 Å². The van der Waals surface area contributed by atoms with Crippen LogP contribution in [0.2, 0.25) is 0 Å². The number of halogens is 2. The molecule has 2 aliphatic heterocycles. The van der Waals surface area contributed by atoms with Gasteiger partial charge in [-0.05, 0) is 24.3 Å². The van der Waals surface area contributed by atoms with E-state index in [2.05, 4.69) is 31.9 Å². The van der Waals surface area contributed by atoms with Crippen molar-refractivity contribution in [1.82, 2.24) is 0 Å². The van der Waals surface area contributed by atoms with Gasteiger partial charge in [0, 0.05) is 20.1 Å². The molecule has 2 nitrogen and oxygen atoms in total. The zero-order valence-electron chi connectivity index (χ0n) is 8.30. The van der Waals surface area contributed by atoms with Crippen molar-refractivity contribution in [2.45, 2.75) is 0 Å². The lowest BCUT2D eigenvalue weighted by Gasteiger charge is -2.21. The van der Waals surface area contributed by atoms with Gasteiger partial charge in [0.2, 0.25) is 0 Å². The minimum Gasteiger partial charge on any atom is -0.489 e. The lowest BCUT2D eigenvalue weighted by Crippen LogP contribution is -2.07. The average molecular weight is 344 g/mol. The van der Waals surface area contributed by atoms with Crippen LogP contribution in [0.25, 0.3) is 8.96 Å². The molecule has 0 atom stereocenters. The maximum atomic E-state index is 5.60. The fourth-order valence-corrected chi connectivity index (χ4v) is 2.69. The molecule has 0 amide bonds. The number of benzene rings is 1. The third-order valence-electron chi connectivity index (χ3n) is 2.60. The van der Waals surface area contributed by atoms with Gasteiger partial charge in [-0.3, -0.25) is 0 Å². The molecule has 1 aromatic carbocycles.